The molecule has 32 heavy (non-hydrogen) atoms. The summed E-state index contributed by atoms with van der Waals surface area (Å²) >= 11 is 6.08. The molecule has 9 nitrogen and oxygen atoms in total. The highest BCUT2D eigenvalue weighted by Crippen LogP contribution is 2.34. The number of hydrogen-bond acceptors (Lipinski definition) is 7. The van der Waals surface area contributed by atoms with Crippen LogP contribution in [0.5, 0.6) is 0 Å². The number of halogens is 1. The first-order chi connectivity index (χ1) is 15.4. The molecule has 0 saturated carbocycles. The lowest BCUT2D eigenvalue weighted by atomic mass is 9.90. The van der Waals surface area contributed by atoms with Crippen LogP contribution in [0.15, 0.2) is 36.7 Å². The molecule has 1 aliphatic heterocycles. The smallest absolute Gasteiger partial charge is 0.244 e. The van der Waals surface area contributed by atoms with Crippen LogP contribution in [0.3, 0.4) is 0 Å². The number of carbonyl (C=O) groups excluding carboxylic acids is 1. The predicted octanol–water partition coefficient (Wildman–Crippen LogP) is 2.35. The fourth-order valence-corrected chi connectivity index (χ4v) is 4.04. The summed E-state index contributed by atoms with van der Waals surface area (Å²) in [6.07, 6.45) is 5.27. The summed E-state index contributed by atoms with van der Waals surface area (Å²) < 4.78 is 1.46. The number of piperidine rings is 1. The van der Waals surface area contributed by atoms with E-state index in [1.807, 2.05) is 54.4 Å². The normalized spacial score (nSPS) is 16.2. The Kier molecular flexibility index (Phi) is 6.66. The van der Waals surface area contributed by atoms with E-state index in [-0.39, 0.29) is 25.0 Å². The molecule has 0 spiro atoms. The lowest BCUT2D eigenvalue weighted by Gasteiger charge is -2.33. The van der Waals surface area contributed by atoms with Crippen LogP contribution >= 0.6 is 11.6 Å². The van der Waals surface area contributed by atoms with Crippen molar-refractivity contribution in [2.45, 2.75) is 31.9 Å². The second-order valence-corrected chi connectivity index (χ2v) is 8.55. The average Bonchev–Trinajstić information content (AvgIpc) is 3.27. The Morgan fingerprint density at radius 1 is 1.28 bits per heavy atom. The Balaban J connectivity index is 1.59. The quantitative estimate of drug-likeness (QED) is 0.608. The van der Waals surface area contributed by atoms with Crippen molar-refractivity contribution in [2.75, 3.05) is 32.1 Å². The lowest BCUT2D eigenvalue weighted by molar-refractivity contribution is -0.133. The molecule has 1 atom stereocenters. The number of aliphatic hydroxyl groups excluding tert-OH is 1. The number of aliphatic hydroxyl groups is 1. The Hall–Kier alpha value is -3.04. The molecule has 0 bridgehead atoms. The Bertz CT molecular complexity index is 1080. The number of amides is 1. The first-order valence-corrected chi connectivity index (χ1v) is 10.9. The van der Waals surface area contributed by atoms with Crippen molar-refractivity contribution in [1.82, 2.24) is 29.9 Å². The van der Waals surface area contributed by atoms with E-state index in [1.165, 1.54) is 4.68 Å². The molecule has 1 aliphatic rings. The zero-order valence-corrected chi connectivity index (χ0v) is 18.9. The van der Waals surface area contributed by atoms with E-state index >= 15 is 0 Å². The van der Waals surface area contributed by atoms with Crippen LogP contribution in [0.1, 0.15) is 30.1 Å². The number of aromatic nitrogens is 5. The molecule has 1 saturated heterocycles. The second-order valence-electron chi connectivity index (χ2n) is 8.11. The molecule has 1 amide bonds. The van der Waals surface area contributed by atoms with E-state index in [0.717, 1.165) is 29.7 Å². The molecule has 1 fully saturated rings. The van der Waals surface area contributed by atoms with E-state index < -0.39 is 0 Å². The maximum absolute atomic E-state index is 12.9. The van der Waals surface area contributed by atoms with Crippen LogP contribution in [0, 0.1) is 0 Å². The van der Waals surface area contributed by atoms with E-state index in [9.17, 15) is 4.79 Å². The molecule has 168 valence electrons. The summed E-state index contributed by atoms with van der Waals surface area (Å²) in [6, 6.07) is 7.65. The van der Waals surface area contributed by atoms with Crippen molar-refractivity contribution in [1.29, 1.82) is 0 Å². The third kappa shape index (κ3) is 4.89. The number of carbonyl (C=O) groups is 1. The summed E-state index contributed by atoms with van der Waals surface area (Å²) in [7, 11) is 3.83. The molecule has 1 unspecified atom stereocenters. The predicted molar refractivity (Wildman–Crippen MR) is 121 cm³/mol. The lowest BCUT2D eigenvalue weighted by Crippen LogP contribution is -2.41. The SMILES string of the molecule is CN(C)c1ncc(-c2ccc(Cl)cc2)c(C2CCCN(C(=O)Cn3cc(CO)nn3)C2)n1. The first-order valence-electron chi connectivity index (χ1n) is 10.5. The van der Waals surface area contributed by atoms with Crippen molar-refractivity contribution < 1.29 is 9.90 Å². The molecular weight excluding hydrogens is 430 g/mol. The molecule has 1 aromatic carbocycles. The number of likely N-dealkylation sites (tertiary alicyclic amines) is 1. The molecule has 0 aliphatic carbocycles. The van der Waals surface area contributed by atoms with Crippen LogP contribution in [-0.2, 0) is 17.9 Å². The summed E-state index contributed by atoms with van der Waals surface area (Å²) in [5, 5.41) is 17.6. The summed E-state index contributed by atoms with van der Waals surface area (Å²) in [5.41, 5.74) is 3.33. The van der Waals surface area contributed by atoms with Gasteiger partial charge in [-0.3, -0.25) is 4.79 Å². The topological polar surface area (TPSA) is 100 Å². The monoisotopic (exact) mass is 455 g/mol. The maximum Gasteiger partial charge on any atom is 0.244 e. The zero-order valence-electron chi connectivity index (χ0n) is 18.1. The molecule has 4 rings (SSSR count). The van der Waals surface area contributed by atoms with Crippen molar-refractivity contribution >= 4 is 23.5 Å². The van der Waals surface area contributed by atoms with Gasteiger partial charge in [0.15, 0.2) is 0 Å². The van der Waals surface area contributed by atoms with Gasteiger partial charge in [0.1, 0.15) is 12.2 Å². The van der Waals surface area contributed by atoms with E-state index in [2.05, 4.69) is 15.3 Å². The summed E-state index contributed by atoms with van der Waals surface area (Å²) in [5.74, 6) is 0.697. The van der Waals surface area contributed by atoms with E-state index in [4.69, 9.17) is 21.7 Å². The van der Waals surface area contributed by atoms with Gasteiger partial charge in [-0.05, 0) is 30.5 Å². The van der Waals surface area contributed by atoms with Gasteiger partial charge in [0.25, 0.3) is 0 Å². The number of nitrogens with zero attached hydrogens (tertiary/aromatic N) is 7. The largest absolute Gasteiger partial charge is 0.390 e. The highest BCUT2D eigenvalue weighted by atomic mass is 35.5. The molecule has 2 aromatic heterocycles. The van der Waals surface area contributed by atoms with E-state index in [1.54, 1.807) is 6.20 Å². The minimum absolute atomic E-state index is 0.0287. The minimum atomic E-state index is -0.199. The van der Waals surface area contributed by atoms with Crippen LogP contribution in [0.2, 0.25) is 5.02 Å². The van der Waals surface area contributed by atoms with Gasteiger partial charge in [-0.15, -0.1) is 5.10 Å². The van der Waals surface area contributed by atoms with Gasteiger partial charge in [0, 0.05) is 49.9 Å². The molecule has 3 heterocycles. The summed E-state index contributed by atoms with van der Waals surface area (Å²) in [4.78, 5) is 26.1. The van der Waals surface area contributed by atoms with Gasteiger partial charge in [0.05, 0.1) is 18.5 Å². The third-order valence-electron chi connectivity index (χ3n) is 5.57. The Morgan fingerprint density at radius 3 is 2.75 bits per heavy atom. The van der Waals surface area contributed by atoms with Crippen LogP contribution in [-0.4, -0.2) is 68.1 Å². The molecule has 10 heteroatoms. The summed E-state index contributed by atoms with van der Waals surface area (Å²) in [6.45, 7) is 1.16. The number of anilines is 1. The number of rotatable bonds is 6. The molecule has 3 aromatic rings. The number of benzene rings is 1. The number of hydrogen-bond donors (Lipinski definition) is 1. The van der Waals surface area contributed by atoms with Gasteiger partial charge in [-0.25, -0.2) is 14.6 Å². The van der Waals surface area contributed by atoms with Crippen LogP contribution in [0.4, 0.5) is 5.95 Å². The van der Waals surface area contributed by atoms with Gasteiger partial charge >= 0.3 is 0 Å². The maximum atomic E-state index is 12.9. The standard InChI is InChI=1S/C22H26ClN7O2/c1-28(2)22-24-10-19(15-5-7-17(23)8-6-15)21(25-22)16-4-3-9-29(11-16)20(32)13-30-12-18(14-31)26-27-30/h5-8,10,12,16,31H,3-4,9,11,13-14H2,1-2H3. The Labute approximate surface area is 191 Å². The van der Waals surface area contributed by atoms with Gasteiger partial charge in [-0.2, -0.15) is 0 Å². The highest BCUT2D eigenvalue weighted by Gasteiger charge is 2.28. The third-order valence-corrected chi connectivity index (χ3v) is 5.82. The van der Waals surface area contributed by atoms with E-state index in [0.29, 0.717) is 29.8 Å². The molecule has 1 N–H and O–H groups in total. The van der Waals surface area contributed by atoms with Crippen molar-refractivity contribution in [3.63, 3.8) is 0 Å². The zero-order chi connectivity index (χ0) is 22.7. The highest BCUT2D eigenvalue weighted by molar-refractivity contribution is 6.30. The van der Waals surface area contributed by atoms with Gasteiger partial charge < -0.3 is 14.9 Å². The Morgan fingerprint density at radius 2 is 2.06 bits per heavy atom. The fourth-order valence-electron chi connectivity index (χ4n) is 3.92. The van der Waals surface area contributed by atoms with Crippen LogP contribution < -0.4 is 4.90 Å². The van der Waals surface area contributed by atoms with Gasteiger partial charge in [-0.1, -0.05) is 28.9 Å². The molecular formula is C22H26ClN7O2. The second kappa shape index (κ2) is 9.62. The van der Waals surface area contributed by atoms with Crippen LogP contribution in [0.25, 0.3) is 11.1 Å². The average molecular weight is 456 g/mol. The first kappa shape index (κ1) is 22.2. The van der Waals surface area contributed by atoms with Crippen molar-refractivity contribution in [2.24, 2.45) is 0 Å². The molecule has 0 radical (unpaired) electrons. The van der Waals surface area contributed by atoms with Gasteiger partial charge in [0.2, 0.25) is 11.9 Å². The van der Waals surface area contributed by atoms with Crippen molar-refractivity contribution in [3.05, 3.63) is 53.1 Å². The minimum Gasteiger partial charge on any atom is -0.390 e. The fraction of sp³-hybridized carbons (Fsp3) is 0.409. The van der Waals surface area contributed by atoms with Crippen molar-refractivity contribution in [3.8, 4) is 11.1 Å².